The van der Waals surface area contributed by atoms with Crippen LogP contribution in [0.25, 0.3) is 0 Å². The second-order valence-corrected chi connectivity index (χ2v) is 6.46. The molecule has 0 saturated heterocycles. The summed E-state index contributed by atoms with van der Waals surface area (Å²) >= 11 is 6.39. The molecule has 1 heterocycles. The topological polar surface area (TPSA) is 59.8 Å². The number of nitrogens with one attached hydrogen (secondary N) is 1. The summed E-state index contributed by atoms with van der Waals surface area (Å²) in [5, 5.41) is 7.72. The van der Waals surface area contributed by atoms with Gasteiger partial charge in [0.2, 0.25) is 5.91 Å². The Kier molecular flexibility index (Phi) is 6.39. The summed E-state index contributed by atoms with van der Waals surface area (Å²) in [6.45, 7) is 1.33. The van der Waals surface area contributed by atoms with Gasteiger partial charge in [0.25, 0.3) is 0 Å². The first-order valence-corrected chi connectivity index (χ1v) is 9.00. The van der Waals surface area contributed by atoms with E-state index in [1.54, 1.807) is 11.0 Å². The lowest BCUT2D eigenvalue weighted by Gasteiger charge is -2.19. The average Bonchev–Trinajstić information content (AvgIpc) is 3.18. The van der Waals surface area contributed by atoms with Gasteiger partial charge in [-0.05, 0) is 23.6 Å². The van der Waals surface area contributed by atoms with Crippen LogP contribution in [-0.4, -0.2) is 27.2 Å². The molecular weight excluding hydrogens is 348 g/mol. The molecule has 0 unspecified atom stereocenters. The molecule has 6 heteroatoms. The fourth-order valence-corrected chi connectivity index (χ4v) is 3.19. The standard InChI is InChI=1S/C20H21ClN4O/c21-19-10-5-4-9-17(19)18(16-7-2-1-3-8-16)13-20(26)23-11-6-12-25-15-22-14-24-25/h1-5,7-10,14-15,18H,6,11-13H2,(H,23,26)/t18-/m1/s1. The summed E-state index contributed by atoms with van der Waals surface area (Å²) in [6, 6.07) is 17.7. The maximum Gasteiger partial charge on any atom is 0.220 e. The molecule has 1 aromatic heterocycles. The number of aryl methyl sites for hydroxylation is 1. The van der Waals surface area contributed by atoms with Crippen molar-refractivity contribution in [3.05, 3.63) is 83.4 Å². The zero-order valence-corrected chi connectivity index (χ0v) is 15.1. The lowest BCUT2D eigenvalue weighted by molar-refractivity contribution is -0.121. The van der Waals surface area contributed by atoms with E-state index in [2.05, 4.69) is 15.4 Å². The molecule has 1 atom stereocenters. The van der Waals surface area contributed by atoms with Gasteiger partial charge in [-0.1, -0.05) is 60.1 Å². The highest BCUT2D eigenvalue weighted by Gasteiger charge is 2.20. The monoisotopic (exact) mass is 368 g/mol. The second-order valence-electron chi connectivity index (χ2n) is 6.05. The highest BCUT2D eigenvalue weighted by atomic mass is 35.5. The van der Waals surface area contributed by atoms with Crippen molar-refractivity contribution in [2.75, 3.05) is 6.54 Å². The van der Waals surface area contributed by atoms with E-state index in [0.29, 0.717) is 18.0 Å². The van der Waals surface area contributed by atoms with E-state index in [0.717, 1.165) is 24.1 Å². The molecule has 0 radical (unpaired) electrons. The van der Waals surface area contributed by atoms with Crippen molar-refractivity contribution >= 4 is 17.5 Å². The Labute approximate surface area is 158 Å². The van der Waals surface area contributed by atoms with Crippen LogP contribution in [-0.2, 0) is 11.3 Å². The molecule has 0 aliphatic heterocycles. The molecule has 0 saturated carbocycles. The minimum Gasteiger partial charge on any atom is -0.356 e. The van der Waals surface area contributed by atoms with Gasteiger partial charge in [-0.15, -0.1) is 0 Å². The van der Waals surface area contributed by atoms with Crippen LogP contribution in [0.15, 0.2) is 67.3 Å². The second kappa shape index (κ2) is 9.15. The smallest absolute Gasteiger partial charge is 0.220 e. The van der Waals surface area contributed by atoms with E-state index in [1.165, 1.54) is 6.33 Å². The molecule has 3 aromatic rings. The average molecular weight is 369 g/mol. The molecule has 2 aromatic carbocycles. The third-order valence-electron chi connectivity index (χ3n) is 4.22. The number of hydrogen-bond acceptors (Lipinski definition) is 3. The molecule has 0 fully saturated rings. The summed E-state index contributed by atoms with van der Waals surface area (Å²) in [6.07, 6.45) is 4.34. The zero-order chi connectivity index (χ0) is 18.2. The molecule has 0 spiro atoms. The fourth-order valence-electron chi connectivity index (χ4n) is 2.93. The number of carbonyl (C=O) groups excluding carboxylic acids is 1. The zero-order valence-electron chi connectivity index (χ0n) is 14.4. The van der Waals surface area contributed by atoms with Gasteiger partial charge < -0.3 is 5.32 Å². The van der Waals surface area contributed by atoms with Crippen LogP contribution < -0.4 is 5.32 Å². The van der Waals surface area contributed by atoms with Gasteiger partial charge in [-0.2, -0.15) is 5.10 Å². The SMILES string of the molecule is O=C(C[C@H](c1ccccc1)c1ccccc1Cl)NCCCn1cncn1. The van der Waals surface area contributed by atoms with E-state index in [9.17, 15) is 4.79 Å². The number of rotatable bonds is 8. The fraction of sp³-hybridized carbons (Fsp3) is 0.250. The number of amides is 1. The highest BCUT2D eigenvalue weighted by molar-refractivity contribution is 6.31. The number of carbonyl (C=O) groups is 1. The van der Waals surface area contributed by atoms with Crippen LogP contribution >= 0.6 is 11.6 Å². The molecule has 5 nitrogen and oxygen atoms in total. The molecule has 0 bridgehead atoms. The predicted octanol–water partition coefficient (Wildman–Crippen LogP) is 3.66. The molecule has 1 N–H and O–H groups in total. The van der Waals surface area contributed by atoms with Crippen LogP contribution in [0.4, 0.5) is 0 Å². The van der Waals surface area contributed by atoms with Crippen LogP contribution in [0, 0.1) is 0 Å². The minimum absolute atomic E-state index is 0.0114. The van der Waals surface area contributed by atoms with Crippen molar-refractivity contribution in [2.45, 2.75) is 25.3 Å². The molecule has 1 amide bonds. The highest BCUT2D eigenvalue weighted by Crippen LogP contribution is 2.32. The molecular formula is C20H21ClN4O. The van der Waals surface area contributed by atoms with Crippen molar-refractivity contribution in [2.24, 2.45) is 0 Å². The van der Waals surface area contributed by atoms with E-state index in [1.807, 2.05) is 54.6 Å². The predicted molar refractivity (Wildman–Crippen MR) is 102 cm³/mol. The number of nitrogens with zero attached hydrogens (tertiary/aromatic N) is 3. The third kappa shape index (κ3) is 4.92. The first kappa shape index (κ1) is 18.1. The van der Waals surface area contributed by atoms with Crippen molar-refractivity contribution < 1.29 is 4.79 Å². The van der Waals surface area contributed by atoms with Gasteiger partial charge in [0.1, 0.15) is 12.7 Å². The Bertz CT molecular complexity index is 821. The molecule has 0 aliphatic carbocycles. The van der Waals surface area contributed by atoms with E-state index < -0.39 is 0 Å². The normalized spacial score (nSPS) is 11.9. The summed E-state index contributed by atoms with van der Waals surface area (Å²) < 4.78 is 1.75. The molecule has 134 valence electrons. The van der Waals surface area contributed by atoms with E-state index in [-0.39, 0.29) is 11.8 Å². The van der Waals surface area contributed by atoms with Gasteiger partial charge in [-0.25, -0.2) is 4.98 Å². The minimum atomic E-state index is -0.0692. The Morgan fingerprint density at radius 3 is 2.62 bits per heavy atom. The number of aromatic nitrogens is 3. The van der Waals surface area contributed by atoms with Gasteiger partial charge in [-0.3, -0.25) is 9.48 Å². The summed E-state index contributed by atoms with van der Waals surface area (Å²) in [5.41, 5.74) is 2.05. The first-order valence-electron chi connectivity index (χ1n) is 8.62. The summed E-state index contributed by atoms with van der Waals surface area (Å²) in [5.74, 6) is -0.0578. The molecule has 26 heavy (non-hydrogen) atoms. The van der Waals surface area contributed by atoms with Crippen molar-refractivity contribution in [3.63, 3.8) is 0 Å². The van der Waals surface area contributed by atoms with Crippen LogP contribution in [0.2, 0.25) is 5.02 Å². The Morgan fingerprint density at radius 2 is 1.88 bits per heavy atom. The number of benzene rings is 2. The van der Waals surface area contributed by atoms with Crippen LogP contribution in [0.1, 0.15) is 29.9 Å². The maximum absolute atomic E-state index is 12.5. The maximum atomic E-state index is 12.5. The molecule has 0 aliphatic rings. The Balaban J connectivity index is 1.62. The van der Waals surface area contributed by atoms with Crippen molar-refractivity contribution in [3.8, 4) is 0 Å². The Morgan fingerprint density at radius 1 is 1.12 bits per heavy atom. The van der Waals surface area contributed by atoms with Crippen LogP contribution in [0.3, 0.4) is 0 Å². The van der Waals surface area contributed by atoms with Gasteiger partial charge in [0.15, 0.2) is 0 Å². The molecule has 3 rings (SSSR count). The van der Waals surface area contributed by atoms with Crippen molar-refractivity contribution in [1.82, 2.24) is 20.1 Å². The van der Waals surface area contributed by atoms with Crippen LogP contribution in [0.5, 0.6) is 0 Å². The Hall–Kier alpha value is -2.66. The number of hydrogen-bond donors (Lipinski definition) is 1. The van der Waals surface area contributed by atoms with Gasteiger partial charge >= 0.3 is 0 Å². The lowest BCUT2D eigenvalue weighted by atomic mass is 9.88. The quantitative estimate of drug-likeness (QED) is 0.617. The van der Waals surface area contributed by atoms with Gasteiger partial charge in [0.05, 0.1) is 0 Å². The first-order chi connectivity index (χ1) is 12.7. The third-order valence-corrected chi connectivity index (χ3v) is 4.57. The van der Waals surface area contributed by atoms with Crippen molar-refractivity contribution in [1.29, 1.82) is 0 Å². The number of halogens is 1. The largest absolute Gasteiger partial charge is 0.356 e. The van der Waals surface area contributed by atoms with E-state index in [4.69, 9.17) is 11.6 Å². The lowest BCUT2D eigenvalue weighted by Crippen LogP contribution is -2.27. The van der Waals surface area contributed by atoms with E-state index >= 15 is 0 Å². The summed E-state index contributed by atoms with van der Waals surface area (Å²) in [4.78, 5) is 16.4. The van der Waals surface area contributed by atoms with Gasteiger partial charge in [0, 0.05) is 30.5 Å². The summed E-state index contributed by atoms with van der Waals surface area (Å²) in [7, 11) is 0.